The van der Waals surface area contributed by atoms with E-state index in [1.807, 2.05) is 0 Å². The number of halogens is 1. The van der Waals surface area contributed by atoms with E-state index in [0.717, 1.165) is 22.5 Å². The highest BCUT2D eigenvalue weighted by atomic mass is 79.9. The molecule has 18 heavy (non-hydrogen) atoms. The number of hydrogen-bond donors (Lipinski definition) is 2. The maximum Gasteiger partial charge on any atom is 0.195 e. The van der Waals surface area contributed by atoms with E-state index in [2.05, 4.69) is 21.2 Å². The molecule has 2 rings (SSSR count). The SMILES string of the molecule is OCCSCCNc1cc(=S)c2occ(Br)c2o1. The Kier molecular flexibility index (Phi) is 5.11. The van der Waals surface area contributed by atoms with Gasteiger partial charge in [-0.25, -0.2) is 0 Å². The Balaban J connectivity index is 2.05. The summed E-state index contributed by atoms with van der Waals surface area (Å²) in [4.78, 5) is 0. The molecule has 0 aliphatic rings. The summed E-state index contributed by atoms with van der Waals surface area (Å²) >= 11 is 10.2. The number of thioether (sulfide) groups is 1. The molecule has 2 heterocycles. The third-order valence-corrected chi connectivity index (χ3v) is 4.00. The maximum atomic E-state index is 8.66. The average molecular weight is 350 g/mol. The summed E-state index contributed by atoms with van der Waals surface area (Å²) in [6.45, 7) is 0.962. The van der Waals surface area contributed by atoms with Gasteiger partial charge in [0, 0.05) is 24.1 Å². The van der Waals surface area contributed by atoms with Crippen LogP contribution in [0.2, 0.25) is 0 Å². The van der Waals surface area contributed by atoms with Crippen molar-refractivity contribution >= 4 is 57.0 Å². The van der Waals surface area contributed by atoms with Gasteiger partial charge < -0.3 is 19.3 Å². The minimum absolute atomic E-state index is 0.208. The molecule has 2 N–H and O–H groups in total. The molecule has 0 fully saturated rings. The lowest BCUT2D eigenvalue weighted by atomic mass is 10.4. The standard InChI is InChI=1S/C11H12BrNO3S2/c12-7-6-15-11-8(17)5-9(16-10(7)11)13-1-3-18-4-2-14/h5-6,13-14H,1-4H2. The number of aliphatic hydroxyl groups excluding tert-OH is 1. The zero-order valence-electron chi connectivity index (χ0n) is 9.44. The monoisotopic (exact) mass is 349 g/mol. The minimum Gasteiger partial charge on any atom is -0.458 e. The molecule has 0 aliphatic carbocycles. The molecule has 0 amide bonds. The van der Waals surface area contributed by atoms with Crippen LogP contribution in [0.5, 0.6) is 0 Å². The lowest BCUT2D eigenvalue weighted by Gasteiger charge is -2.04. The Morgan fingerprint density at radius 2 is 2.22 bits per heavy atom. The molecule has 0 saturated heterocycles. The second-order valence-corrected chi connectivity index (χ2v) is 6.00. The Bertz CT molecular complexity index is 581. The van der Waals surface area contributed by atoms with Crippen molar-refractivity contribution in [3.8, 4) is 0 Å². The van der Waals surface area contributed by atoms with Crippen molar-refractivity contribution in [1.29, 1.82) is 0 Å². The van der Waals surface area contributed by atoms with Crippen molar-refractivity contribution in [2.24, 2.45) is 0 Å². The highest BCUT2D eigenvalue weighted by Gasteiger charge is 2.09. The van der Waals surface area contributed by atoms with Crippen LogP contribution in [0.4, 0.5) is 5.88 Å². The van der Waals surface area contributed by atoms with Crippen molar-refractivity contribution in [3.63, 3.8) is 0 Å². The first-order chi connectivity index (χ1) is 8.72. The molecule has 0 radical (unpaired) electrons. The lowest BCUT2D eigenvalue weighted by molar-refractivity contribution is 0.322. The van der Waals surface area contributed by atoms with Gasteiger partial charge in [-0.2, -0.15) is 11.8 Å². The second kappa shape index (κ2) is 6.60. The van der Waals surface area contributed by atoms with Crippen LogP contribution in [0.15, 0.2) is 25.6 Å². The van der Waals surface area contributed by atoms with Gasteiger partial charge in [0.05, 0.1) is 15.6 Å². The van der Waals surface area contributed by atoms with E-state index in [9.17, 15) is 0 Å². The van der Waals surface area contributed by atoms with Gasteiger partial charge >= 0.3 is 0 Å². The van der Waals surface area contributed by atoms with Crippen LogP contribution in [-0.2, 0) is 0 Å². The zero-order valence-corrected chi connectivity index (χ0v) is 12.7. The van der Waals surface area contributed by atoms with E-state index in [-0.39, 0.29) is 6.61 Å². The summed E-state index contributed by atoms with van der Waals surface area (Å²) in [6.07, 6.45) is 1.56. The summed E-state index contributed by atoms with van der Waals surface area (Å²) in [5, 5.41) is 11.8. The van der Waals surface area contributed by atoms with Crippen LogP contribution >= 0.6 is 39.9 Å². The number of furan rings is 1. The van der Waals surface area contributed by atoms with Gasteiger partial charge in [0.2, 0.25) is 0 Å². The van der Waals surface area contributed by atoms with Crippen LogP contribution in [0.3, 0.4) is 0 Å². The van der Waals surface area contributed by atoms with Crippen molar-refractivity contribution < 1.29 is 13.9 Å². The molecule has 0 aliphatic heterocycles. The predicted octanol–water partition coefficient (Wildman–Crippen LogP) is 3.66. The summed E-state index contributed by atoms with van der Waals surface area (Å²) in [5.41, 5.74) is 1.20. The summed E-state index contributed by atoms with van der Waals surface area (Å²) in [7, 11) is 0. The number of hydrogen-bond acceptors (Lipinski definition) is 6. The molecule has 0 aromatic carbocycles. The Hall–Kier alpha value is -0.500. The topological polar surface area (TPSA) is 58.5 Å². The zero-order chi connectivity index (χ0) is 13.0. The Morgan fingerprint density at radius 3 is 3.00 bits per heavy atom. The van der Waals surface area contributed by atoms with Crippen LogP contribution < -0.4 is 5.32 Å². The third kappa shape index (κ3) is 3.28. The first-order valence-electron chi connectivity index (χ1n) is 5.35. The van der Waals surface area contributed by atoms with Gasteiger partial charge in [-0.15, -0.1) is 0 Å². The van der Waals surface area contributed by atoms with E-state index < -0.39 is 0 Å². The van der Waals surface area contributed by atoms with Gasteiger partial charge in [0.25, 0.3) is 0 Å². The predicted molar refractivity (Wildman–Crippen MR) is 79.9 cm³/mol. The molecule has 0 unspecified atom stereocenters. The molecule has 2 aromatic rings. The fourth-order valence-electron chi connectivity index (χ4n) is 1.42. The van der Waals surface area contributed by atoms with Gasteiger partial charge in [0.15, 0.2) is 17.1 Å². The van der Waals surface area contributed by atoms with E-state index >= 15 is 0 Å². The fraction of sp³-hybridized carbons (Fsp3) is 0.364. The highest BCUT2D eigenvalue weighted by molar-refractivity contribution is 9.10. The summed E-state index contributed by atoms with van der Waals surface area (Å²) in [5.74, 6) is 2.27. The minimum atomic E-state index is 0.208. The van der Waals surface area contributed by atoms with Crippen molar-refractivity contribution in [1.82, 2.24) is 0 Å². The molecule has 0 bridgehead atoms. The van der Waals surface area contributed by atoms with E-state index in [1.165, 1.54) is 0 Å². The van der Waals surface area contributed by atoms with Crippen LogP contribution in [0, 0.1) is 4.51 Å². The smallest absolute Gasteiger partial charge is 0.195 e. The first-order valence-corrected chi connectivity index (χ1v) is 7.71. The van der Waals surface area contributed by atoms with Crippen molar-refractivity contribution in [2.75, 3.05) is 30.0 Å². The molecular formula is C11H12BrNO3S2. The van der Waals surface area contributed by atoms with Gasteiger partial charge in [-0.1, -0.05) is 12.2 Å². The largest absolute Gasteiger partial charge is 0.458 e. The number of anilines is 1. The fourth-order valence-corrected chi connectivity index (χ4v) is 2.60. The second-order valence-electron chi connectivity index (χ2n) is 3.48. The normalized spacial score (nSPS) is 11.0. The molecule has 2 aromatic heterocycles. The van der Waals surface area contributed by atoms with Gasteiger partial charge in [0.1, 0.15) is 6.26 Å². The Labute approximate surface area is 122 Å². The summed E-state index contributed by atoms with van der Waals surface area (Å²) in [6, 6.07) is 1.74. The molecule has 0 saturated carbocycles. The number of fused-ring (bicyclic) bond motifs is 1. The van der Waals surface area contributed by atoms with Gasteiger partial charge in [-0.05, 0) is 15.9 Å². The molecule has 7 heteroatoms. The maximum absolute atomic E-state index is 8.66. The first kappa shape index (κ1) is 13.9. The highest BCUT2D eigenvalue weighted by Crippen LogP contribution is 2.29. The van der Waals surface area contributed by atoms with Crippen molar-refractivity contribution in [2.45, 2.75) is 0 Å². The van der Waals surface area contributed by atoms with Crippen LogP contribution in [0.25, 0.3) is 11.2 Å². The molecule has 0 spiro atoms. The number of rotatable bonds is 6. The van der Waals surface area contributed by atoms with Gasteiger partial charge in [-0.3, -0.25) is 0 Å². The lowest BCUT2D eigenvalue weighted by Crippen LogP contribution is -2.05. The molecule has 4 nitrogen and oxygen atoms in total. The summed E-state index contributed by atoms with van der Waals surface area (Å²) < 4.78 is 12.3. The molecular weight excluding hydrogens is 338 g/mol. The molecule has 98 valence electrons. The number of nitrogens with one attached hydrogen (secondary N) is 1. The van der Waals surface area contributed by atoms with E-state index in [4.69, 9.17) is 26.2 Å². The third-order valence-electron chi connectivity index (χ3n) is 2.18. The Morgan fingerprint density at radius 1 is 1.39 bits per heavy atom. The van der Waals surface area contributed by atoms with Crippen LogP contribution in [-0.4, -0.2) is 29.8 Å². The van der Waals surface area contributed by atoms with E-state index in [0.29, 0.717) is 21.6 Å². The molecule has 0 atom stereocenters. The van der Waals surface area contributed by atoms with Crippen LogP contribution in [0.1, 0.15) is 0 Å². The van der Waals surface area contributed by atoms with E-state index in [1.54, 1.807) is 24.1 Å². The average Bonchev–Trinajstić information content (AvgIpc) is 2.72. The number of aliphatic hydroxyl groups is 1. The quantitative estimate of drug-likeness (QED) is 0.613. The van der Waals surface area contributed by atoms with Crippen molar-refractivity contribution in [3.05, 3.63) is 21.3 Å².